The lowest BCUT2D eigenvalue weighted by Gasteiger charge is -2.38. The van der Waals surface area contributed by atoms with Crippen molar-refractivity contribution in [1.29, 1.82) is 0 Å². The Morgan fingerprint density at radius 2 is 2.06 bits per heavy atom. The Morgan fingerprint density at radius 1 is 1.19 bits per heavy atom. The molecule has 32 heavy (non-hydrogen) atoms. The molecule has 1 aliphatic heterocycles. The van der Waals surface area contributed by atoms with Crippen LogP contribution in [-0.2, 0) is 4.74 Å². The molecule has 0 radical (unpaired) electrons. The van der Waals surface area contributed by atoms with Crippen molar-refractivity contribution >= 4 is 22.4 Å². The van der Waals surface area contributed by atoms with E-state index in [1.165, 1.54) is 0 Å². The van der Waals surface area contributed by atoms with Crippen LogP contribution in [0.5, 0.6) is 5.75 Å². The first-order valence-corrected chi connectivity index (χ1v) is 11.2. The number of hydrogen-bond acceptors (Lipinski definition) is 4. The van der Waals surface area contributed by atoms with Gasteiger partial charge in [0, 0.05) is 43.0 Å². The predicted octanol–water partition coefficient (Wildman–Crippen LogP) is 5.14. The van der Waals surface area contributed by atoms with Gasteiger partial charge in [0.2, 0.25) is 0 Å². The molecule has 1 heterocycles. The van der Waals surface area contributed by atoms with Crippen LogP contribution in [0.25, 0.3) is 10.8 Å². The van der Waals surface area contributed by atoms with E-state index in [0.29, 0.717) is 24.5 Å². The lowest BCUT2D eigenvalue weighted by atomic mass is 9.75. The van der Waals surface area contributed by atoms with E-state index >= 15 is 0 Å². The van der Waals surface area contributed by atoms with Crippen molar-refractivity contribution in [2.45, 2.75) is 24.8 Å². The topological polar surface area (TPSA) is 70.6 Å². The smallest absolute Gasteiger partial charge is 0.251 e. The van der Waals surface area contributed by atoms with E-state index in [0.717, 1.165) is 40.4 Å². The van der Waals surface area contributed by atoms with Gasteiger partial charge in [0.25, 0.3) is 5.91 Å². The minimum atomic E-state index is -0.0590. The number of nitrogens with one attached hydrogen (secondary N) is 2. The summed E-state index contributed by atoms with van der Waals surface area (Å²) in [5.41, 5.74) is 3.79. The summed E-state index contributed by atoms with van der Waals surface area (Å²) in [4.78, 5) is 12.6. The number of phenolic OH excluding ortho intramolecular Hbond substituents is 1. The molecule has 164 valence electrons. The van der Waals surface area contributed by atoms with Gasteiger partial charge in [-0.25, -0.2) is 0 Å². The summed E-state index contributed by atoms with van der Waals surface area (Å²) in [6.45, 7) is 1.22. The van der Waals surface area contributed by atoms with Crippen LogP contribution in [0.2, 0.25) is 0 Å². The number of allylic oxidation sites excluding steroid dienone is 2. The summed E-state index contributed by atoms with van der Waals surface area (Å²) in [7, 11) is 1.66. The Balaban J connectivity index is 1.48. The highest BCUT2D eigenvalue weighted by Gasteiger charge is 2.39. The van der Waals surface area contributed by atoms with Gasteiger partial charge in [-0.3, -0.25) is 4.79 Å². The van der Waals surface area contributed by atoms with Crippen LogP contribution in [0.3, 0.4) is 0 Å². The van der Waals surface area contributed by atoms with E-state index in [9.17, 15) is 9.90 Å². The molecule has 1 aliphatic carbocycles. The van der Waals surface area contributed by atoms with Gasteiger partial charge >= 0.3 is 0 Å². The molecular formula is C27H28N2O3. The first kappa shape index (κ1) is 20.6. The summed E-state index contributed by atoms with van der Waals surface area (Å²) in [5, 5.41) is 19.7. The zero-order chi connectivity index (χ0) is 22.1. The Bertz CT molecular complexity index is 1190. The van der Waals surface area contributed by atoms with E-state index in [1.54, 1.807) is 13.2 Å². The molecule has 5 heteroatoms. The number of ether oxygens (including phenoxy) is 1. The molecule has 0 bridgehead atoms. The zero-order valence-electron chi connectivity index (χ0n) is 18.2. The summed E-state index contributed by atoms with van der Waals surface area (Å²) in [6, 6.07) is 17.8. The number of carbonyl (C=O) groups is 1. The van der Waals surface area contributed by atoms with Crippen molar-refractivity contribution in [3.63, 3.8) is 0 Å². The second kappa shape index (κ2) is 8.67. The molecule has 3 aromatic rings. The first-order valence-electron chi connectivity index (χ1n) is 11.2. The molecule has 3 unspecified atom stereocenters. The van der Waals surface area contributed by atoms with E-state index in [2.05, 4.69) is 34.9 Å². The van der Waals surface area contributed by atoms with E-state index < -0.39 is 0 Å². The Morgan fingerprint density at radius 3 is 2.94 bits per heavy atom. The molecule has 3 N–H and O–H groups in total. The Hall–Kier alpha value is -3.31. The van der Waals surface area contributed by atoms with Crippen LogP contribution in [0.4, 0.5) is 5.69 Å². The molecule has 0 spiro atoms. The molecule has 0 saturated heterocycles. The fraction of sp³-hybridized carbons (Fsp3) is 0.296. The highest BCUT2D eigenvalue weighted by molar-refractivity contribution is 5.95. The maximum Gasteiger partial charge on any atom is 0.251 e. The summed E-state index contributed by atoms with van der Waals surface area (Å²) >= 11 is 0. The summed E-state index contributed by atoms with van der Waals surface area (Å²) in [5.74, 6) is 0.744. The summed E-state index contributed by atoms with van der Waals surface area (Å²) in [6.07, 6.45) is 6.19. The van der Waals surface area contributed by atoms with Crippen LogP contribution >= 0.6 is 0 Å². The number of anilines is 1. The predicted molar refractivity (Wildman–Crippen MR) is 127 cm³/mol. The number of carbonyl (C=O) groups excluding carboxylic acids is 1. The largest absolute Gasteiger partial charge is 0.508 e. The standard InChI is InChI=1S/C27H28N2O3/c1-32-15-5-14-28-27(31)18-10-12-23-22(16-18)20-8-4-9-21(20)26(29-23)25-19-7-3-2-6-17(19)11-13-24(25)30/h2-4,6-8,10-13,16,20-21,26,29-30H,5,9,14-15H2,1H3,(H,28,31). The van der Waals surface area contributed by atoms with Gasteiger partial charge in [0.05, 0.1) is 6.04 Å². The maximum absolute atomic E-state index is 12.6. The number of amides is 1. The number of fused-ring (bicyclic) bond motifs is 4. The van der Waals surface area contributed by atoms with Crippen molar-refractivity contribution in [3.05, 3.63) is 83.4 Å². The van der Waals surface area contributed by atoms with E-state index in [4.69, 9.17) is 4.74 Å². The second-order valence-electron chi connectivity index (χ2n) is 8.60. The highest BCUT2D eigenvalue weighted by atomic mass is 16.5. The van der Waals surface area contributed by atoms with Crippen molar-refractivity contribution in [2.75, 3.05) is 25.6 Å². The minimum absolute atomic E-state index is 0.0117. The molecular weight excluding hydrogens is 400 g/mol. The van der Waals surface area contributed by atoms with Crippen LogP contribution in [-0.4, -0.2) is 31.3 Å². The number of benzene rings is 3. The molecule has 3 aromatic carbocycles. The third kappa shape index (κ3) is 3.63. The lowest BCUT2D eigenvalue weighted by Crippen LogP contribution is -2.30. The number of hydrogen-bond donors (Lipinski definition) is 3. The molecule has 0 fully saturated rings. The second-order valence-corrected chi connectivity index (χ2v) is 8.60. The molecule has 5 nitrogen and oxygen atoms in total. The van der Waals surface area contributed by atoms with Crippen molar-refractivity contribution in [1.82, 2.24) is 5.32 Å². The molecule has 0 saturated carbocycles. The lowest BCUT2D eigenvalue weighted by molar-refractivity contribution is 0.0948. The third-order valence-electron chi connectivity index (χ3n) is 6.69. The van der Waals surface area contributed by atoms with E-state index in [-0.39, 0.29) is 23.8 Å². The van der Waals surface area contributed by atoms with Crippen molar-refractivity contribution < 1.29 is 14.6 Å². The normalized spacial score (nSPS) is 21.1. The molecule has 0 aromatic heterocycles. The van der Waals surface area contributed by atoms with Crippen LogP contribution in [0.1, 0.15) is 46.3 Å². The van der Waals surface area contributed by atoms with Crippen LogP contribution < -0.4 is 10.6 Å². The maximum atomic E-state index is 12.6. The Kier molecular flexibility index (Phi) is 5.58. The quantitative estimate of drug-likeness (QED) is 0.376. The average Bonchev–Trinajstić information content (AvgIpc) is 3.31. The van der Waals surface area contributed by atoms with Gasteiger partial charge in [0.15, 0.2) is 0 Å². The van der Waals surface area contributed by atoms with Crippen molar-refractivity contribution in [3.8, 4) is 5.75 Å². The van der Waals surface area contributed by atoms with Gasteiger partial charge in [0.1, 0.15) is 5.75 Å². The number of phenols is 1. The average molecular weight is 429 g/mol. The van der Waals surface area contributed by atoms with Gasteiger partial charge in [-0.2, -0.15) is 0 Å². The Labute approximate surface area is 188 Å². The zero-order valence-corrected chi connectivity index (χ0v) is 18.2. The van der Waals surface area contributed by atoms with Crippen molar-refractivity contribution in [2.24, 2.45) is 5.92 Å². The number of aromatic hydroxyl groups is 1. The van der Waals surface area contributed by atoms with E-state index in [1.807, 2.05) is 36.4 Å². The van der Waals surface area contributed by atoms with Gasteiger partial charge in [-0.1, -0.05) is 42.5 Å². The summed E-state index contributed by atoms with van der Waals surface area (Å²) < 4.78 is 5.05. The number of methoxy groups -OCH3 is 1. The molecule has 5 rings (SSSR count). The van der Waals surface area contributed by atoms with Crippen LogP contribution in [0, 0.1) is 5.92 Å². The monoisotopic (exact) mass is 428 g/mol. The van der Waals surface area contributed by atoms with Gasteiger partial charge < -0.3 is 20.5 Å². The van der Waals surface area contributed by atoms with Gasteiger partial charge in [-0.15, -0.1) is 0 Å². The molecule has 3 atom stereocenters. The third-order valence-corrected chi connectivity index (χ3v) is 6.69. The fourth-order valence-electron chi connectivity index (χ4n) is 5.15. The SMILES string of the molecule is COCCCNC(=O)c1ccc2c(c1)C1C=CCC1C(c1c(O)ccc3ccccc13)N2. The van der Waals surface area contributed by atoms with Crippen LogP contribution in [0.15, 0.2) is 66.7 Å². The molecule has 2 aliphatic rings. The molecule has 1 amide bonds. The fourth-order valence-corrected chi connectivity index (χ4v) is 5.15. The highest BCUT2D eigenvalue weighted by Crippen LogP contribution is 2.52. The number of rotatable bonds is 6. The first-order chi connectivity index (χ1) is 15.7. The minimum Gasteiger partial charge on any atom is -0.508 e. The van der Waals surface area contributed by atoms with Gasteiger partial charge in [-0.05, 0) is 59.4 Å².